The Hall–Kier alpha value is -3.55. The first-order chi connectivity index (χ1) is 22.5. The van der Waals surface area contributed by atoms with Crippen LogP contribution in [0.2, 0.25) is 5.02 Å². The lowest BCUT2D eigenvalue weighted by Crippen LogP contribution is -2.43. The van der Waals surface area contributed by atoms with E-state index in [1.165, 1.54) is 4.90 Å². The number of amides is 1. The van der Waals surface area contributed by atoms with E-state index in [1.54, 1.807) is 24.8 Å². The molecule has 1 aromatic carbocycles. The third-order valence-electron chi connectivity index (χ3n) is 10.3. The molecular weight excluding hydrogens is 630 g/mol. The molecule has 6 heterocycles. The Kier molecular flexibility index (Phi) is 8.28. The van der Waals surface area contributed by atoms with Crippen molar-refractivity contribution in [2.24, 2.45) is 0 Å². The number of anilines is 2. The summed E-state index contributed by atoms with van der Waals surface area (Å²) in [6.07, 6.45) is 1.81. The highest BCUT2D eigenvalue weighted by Crippen LogP contribution is 2.42. The molecule has 1 unspecified atom stereocenters. The number of alkyl halides is 1. The van der Waals surface area contributed by atoms with Gasteiger partial charge in [-0.1, -0.05) is 11.6 Å². The summed E-state index contributed by atoms with van der Waals surface area (Å²) in [4.78, 5) is 28.4. The van der Waals surface area contributed by atoms with Gasteiger partial charge >= 0.3 is 6.01 Å². The summed E-state index contributed by atoms with van der Waals surface area (Å²) in [7, 11) is 3.33. The molecule has 11 nitrogen and oxygen atoms in total. The van der Waals surface area contributed by atoms with Crippen LogP contribution in [0.4, 0.5) is 20.3 Å². The summed E-state index contributed by atoms with van der Waals surface area (Å²) in [5.41, 5.74) is 10.3. The van der Waals surface area contributed by atoms with Crippen molar-refractivity contribution in [3.8, 4) is 6.01 Å². The number of hydrogen-bond acceptors (Lipinski definition) is 9. The summed E-state index contributed by atoms with van der Waals surface area (Å²) in [5.74, 6) is -0.113. The van der Waals surface area contributed by atoms with Gasteiger partial charge in [0.25, 0.3) is 5.91 Å². The fourth-order valence-corrected chi connectivity index (χ4v) is 8.00. The lowest BCUT2D eigenvalue weighted by atomic mass is 9.92. The van der Waals surface area contributed by atoms with Gasteiger partial charge in [-0.2, -0.15) is 15.1 Å². The molecule has 3 atom stereocenters. The maximum absolute atomic E-state index is 15.5. The zero-order chi connectivity index (χ0) is 33.2. The number of hydrogen-bond donors (Lipinski definition) is 1. The summed E-state index contributed by atoms with van der Waals surface area (Å²) < 4.78 is 44.5. The van der Waals surface area contributed by atoms with Gasteiger partial charge in [0.1, 0.15) is 18.6 Å². The molecule has 0 aliphatic carbocycles. The van der Waals surface area contributed by atoms with Crippen LogP contribution in [-0.2, 0) is 30.9 Å². The van der Waals surface area contributed by atoms with E-state index in [-0.39, 0.29) is 42.1 Å². The Morgan fingerprint density at radius 2 is 2.04 bits per heavy atom. The Morgan fingerprint density at radius 1 is 1.23 bits per heavy atom. The minimum atomic E-state index is -0.882. The highest BCUT2D eigenvalue weighted by atomic mass is 35.5. The number of benzene rings is 1. The summed E-state index contributed by atoms with van der Waals surface area (Å²) >= 11 is 6.79. The minimum Gasteiger partial charge on any atom is -0.461 e. The molecule has 7 rings (SSSR count). The van der Waals surface area contributed by atoms with Crippen LogP contribution < -0.4 is 15.4 Å². The average molecular weight is 671 g/mol. The molecule has 0 spiro atoms. The maximum atomic E-state index is 15.5. The molecule has 4 aliphatic heterocycles. The monoisotopic (exact) mass is 670 g/mol. The van der Waals surface area contributed by atoms with Gasteiger partial charge in [-0.25, -0.2) is 8.78 Å². The molecule has 252 valence electrons. The lowest BCUT2D eigenvalue weighted by molar-refractivity contribution is 0.0228. The quantitative estimate of drug-likeness (QED) is 0.378. The van der Waals surface area contributed by atoms with Gasteiger partial charge in [-0.15, -0.1) is 0 Å². The second kappa shape index (κ2) is 12.2. The fourth-order valence-electron chi connectivity index (χ4n) is 7.72. The zero-order valence-electron chi connectivity index (χ0n) is 27.3. The van der Waals surface area contributed by atoms with E-state index in [2.05, 4.69) is 14.9 Å². The smallest absolute Gasteiger partial charge is 0.318 e. The van der Waals surface area contributed by atoms with Crippen molar-refractivity contribution in [1.29, 1.82) is 0 Å². The topological polar surface area (TPSA) is 115 Å². The van der Waals surface area contributed by atoms with Crippen molar-refractivity contribution in [2.75, 3.05) is 51.0 Å². The predicted octanol–water partition coefficient (Wildman–Crippen LogP) is 4.55. The van der Waals surface area contributed by atoms with Crippen molar-refractivity contribution in [1.82, 2.24) is 29.5 Å². The normalized spacial score (nSPS) is 24.1. The molecule has 14 heteroatoms. The minimum absolute atomic E-state index is 0.0816. The molecule has 0 bridgehead atoms. The number of nitrogens with two attached hydrogens (primary N) is 1. The Labute approximate surface area is 278 Å². The molecule has 4 aliphatic rings. The number of ether oxygens (including phenoxy) is 2. The van der Waals surface area contributed by atoms with E-state index in [0.29, 0.717) is 66.8 Å². The third kappa shape index (κ3) is 5.59. The van der Waals surface area contributed by atoms with E-state index < -0.39 is 18.1 Å². The Bertz CT molecular complexity index is 1710. The van der Waals surface area contributed by atoms with E-state index in [1.807, 2.05) is 13.8 Å². The average Bonchev–Trinajstić information content (AvgIpc) is 3.60. The van der Waals surface area contributed by atoms with E-state index in [4.69, 9.17) is 36.8 Å². The highest BCUT2D eigenvalue weighted by molar-refractivity contribution is 6.34. The molecule has 2 N–H and O–H groups in total. The standard InChI is InChI=1S/C33H41ClF2N8O3/c1-18-11-22(37)28(36)26(19(18)2)25-12-23-21(16-46-25)30(39-32(38-23)47-17-33-7-5-9-43(33)14-20(35)13-33)42-8-6-10-44-24(15-42)27(34)29(40-44)31(45)41(3)4/h11,20,25H,5-10,12-17,37H2,1-4H3/t20-,25?,33+/m1/s1. The van der Waals surface area contributed by atoms with Crippen LogP contribution in [-0.4, -0.2) is 87.5 Å². The molecule has 47 heavy (non-hydrogen) atoms. The van der Waals surface area contributed by atoms with Crippen LogP contribution in [0.15, 0.2) is 6.07 Å². The van der Waals surface area contributed by atoms with Crippen molar-refractivity contribution in [3.05, 3.63) is 56.2 Å². The molecular formula is C33H41ClF2N8O3. The largest absolute Gasteiger partial charge is 0.461 e. The SMILES string of the molecule is Cc1cc(N)c(F)c(C2Cc3nc(OC[C@@]45CCCN4C[C@H](F)C5)nc(N4CCCn5nc(C(=O)N(C)C)c(Cl)c5C4)c3CO2)c1C. The summed E-state index contributed by atoms with van der Waals surface area (Å²) in [6.45, 7) is 7.04. The number of carbonyl (C=O) groups excluding carboxylic acids is 1. The van der Waals surface area contributed by atoms with E-state index >= 15 is 4.39 Å². The van der Waals surface area contributed by atoms with Gasteiger partial charge in [-0.05, 0) is 56.8 Å². The highest BCUT2D eigenvalue weighted by Gasteiger charge is 2.49. The first-order valence-electron chi connectivity index (χ1n) is 16.3. The number of carbonyl (C=O) groups is 1. The van der Waals surface area contributed by atoms with E-state index in [9.17, 15) is 9.18 Å². The van der Waals surface area contributed by atoms with Crippen LogP contribution in [0.3, 0.4) is 0 Å². The molecule has 2 aromatic heterocycles. The number of halogens is 3. The van der Waals surface area contributed by atoms with Gasteiger partial charge in [-0.3, -0.25) is 14.4 Å². The first kappa shape index (κ1) is 32.0. The number of aromatic nitrogens is 4. The lowest BCUT2D eigenvalue weighted by Gasteiger charge is -2.33. The predicted molar refractivity (Wildman–Crippen MR) is 173 cm³/mol. The number of nitrogens with zero attached hydrogens (tertiary/aromatic N) is 7. The summed E-state index contributed by atoms with van der Waals surface area (Å²) in [5, 5.41) is 4.87. The number of fused-ring (bicyclic) bond motifs is 3. The van der Waals surface area contributed by atoms with Crippen molar-refractivity contribution < 1.29 is 23.0 Å². The molecule has 3 aromatic rings. The molecule has 0 saturated carbocycles. The van der Waals surface area contributed by atoms with Gasteiger partial charge in [0.2, 0.25) is 0 Å². The van der Waals surface area contributed by atoms with Crippen molar-refractivity contribution >= 4 is 29.0 Å². The maximum Gasteiger partial charge on any atom is 0.318 e. The Morgan fingerprint density at radius 3 is 2.83 bits per heavy atom. The molecule has 2 saturated heterocycles. The van der Waals surface area contributed by atoms with E-state index in [0.717, 1.165) is 42.5 Å². The van der Waals surface area contributed by atoms with Crippen LogP contribution in [0, 0.1) is 19.7 Å². The van der Waals surface area contributed by atoms with Crippen LogP contribution in [0.1, 0.15) is 75.9 Å². The second-order valence-electron chi connectivity index (χ2n) is 13.6. The second-order valence-corrected chi connectivity index (χ2v) is 13.9. The number of aryl methyl sites for hydroxylation is 2. The van der Waals surface area contributed by atoms with Gasteiger partial charge in [0, 0.05) is 57.7 Å². The first-order valence-corrected chi connectivity index (χ1v) is 16.6. The Balaban J connectivity index is 1.26. The zero-order valence-corrected chi connectivity index (χ0v) is 28.0. The van der Waals surface area contributed by atoms with Crippen LogP contribution in [0.5, 0.6) is 6.01 Å². The third-order valence-corrected chi connectivity index (χ3v) is 10.7. The van der Waals surface area contributed by atoms with Gasteiger partial charge in [0.15, 0.2) is 11.5 Å². The summed E-state index contributed by atoms with van der Waals surface area (Å²) in [6, 6.07) is 1.83. The number of rotatable bonds is 6. The van der Waals surface area contributed by atoms with Gasteiger partial charge in [0.05, 0.1) is 46.9 Å². The van der Waals surface area contributed by atoms with Crippen molar-refractivity contribution in [2.45, 2.75) is 83.5 Å². The van der Waals surface area contributed by atoms with Crippen molar-refractivity contribution in [3.63, 3.8) is 0 Å². The van der Waals surface area contributed by atoms with Crippen LogP contribution >= 0.6 is 11.6 Å². The molecule has 1 amide bonds. The number of nitrogen functional groups attached to an aromatic ring is 1. The fraction of sp³-hybridized carbons (Fsp3) is 0.576. The van der Waals surface area contributed by atoms with Gasteiger partial charge < -0.3 is 25.0 Å². The molecule has 2 fully saturated rings. The molecule has 0 radical (unpaired) electrons. The van der Waals surface area contributed by atoms with Crippen LogP contribution in [0.25, 0.3) is 0 Å².